The van der Waals surface area contributed by atoms with Crippen molar-refractivity contribution in [3.05, 3.63) is 0 Å². The van der Waals surface area contributed by atoms with Gasteiger partial charge in [-0.05, 0) is 50.5 Å². The molecule has 0 aromatic heterocycles. The van der Waals surface area contributed by atoms with Gasteiger partial charge in [0.05, 0.1) is 0 Å². The maximum Gasteiger partial charge on any atom is 0.00925 e. The van der Waals surface area contributed by atoms with Gasteiger partial charge in [-0.2, -0.15) is 0 Å². The van der Waals surface area contributed by atoms with Gasteiger partial charge >= 0.3 is 0 Å². The summed E-state index contributed by atoms with van der Waals surface area (Å²) in [5.74, 6) is 2.81. The quantitative estimate of drug-likeness (QED) is 0.600. The maximum absolute atomic E-state index is 3.60. The molecule has 3 unspecified atom stereocenters. The van der Waals surface area contributed by atoms with E-state index in [1.807, 2.05) is 0 Å². The number of hydrogen-bond acceptors (Lipinski definition) is 1. The highest BCUT2D eigenvalue weighted by Crippen LogP contribution is 2.35. The highest BCUT2D eigenvalue weighted by atomic mass is 14.9. The molecule has 18 heavy (non-hydrogen) atoms. The van der Waals surface area contributed by atoms with Crippen molar-refractivity contribution in [2.75, 3.05) is 7.05 Å². The summed E-state index contributed by atoms with van der Waals surface area (Å²) >= 11 is 0. The predicted molar refractivity (Wildman–Crippen MR) is 81.9 cm³/mol. The van der Waals surface area contributed by atoms with E-state index in [9.17, 15) is 0 Å². The lowest BCUT2D eigenvalue weighted by atomic mass is 9.73. The third-order valence-electron chi connectivity index (χ3n) is 4.77. The van der Waals surface area contributed by atoms with Crippen molar-refractivity contribution in [1.82, 2.24) is 5.32 Å². The zero-order valence-corrected chi connectivity index (χ0v) is 13.2. The lowest BCUT2D eigenvalue weighted by Crippen LogP contribution is -2.37. The molecule has 0 aromatic rings. The highest BCUT2D eigenvalue weighted by Gasteiger charge is 2.28. The van der Waals surface area contributed by atoms with Crippen molar-refractivity contribution < 1.29 is 0 Å². The molecule has 1 fully saturated rings. The molecule has 1 rings (SSSR count). The SMILES string of the molecule is CCCCCCCC(NC)C1CC(C)CC(C)C1. The van der Waals surface area contributed by atoms with Gasteiger partial charge in [0.1, 0.15) is 0 Å². The van der Waals surface area contributed by atoms with Gasteiger partial charge in [0.2, 0.25) is 0 Å². The molecular formula is C17H35N. The molecule has 108 valence electrons. The first-order chi connectivity index (χ1) is 8.67. The van der Waals surface area contributed by atoms with Crippen molar-refractivity contribution in [3.8, 4) is 0 Å². The normalized spacial score (nSPS) is 30.3. The van der Waals surface area contributed by atoms with E-state index < -0.39 is 0 Å². The van der Waals surface area contributed by atoms with Crippen LogP contribution < -0.4 is 5.32 Å². The Morgan fingerprint density at radius 1 is 0.944 bits per heavy atom. The number of rotatable bonds is 8. The molecule has 0 aliphatic heterocycles. The standard InChI is InChI=1S/C17H35N/c1-5-6-7-8-9-10-17(18-4)16-12-14(2)11-15(3)13-16/h14-18H,5-13H2,1-4H3. The van der Waals surface area contributed by atoms with Gasteiger partial charge < -0.3 is 5.32 Å². The molecule has 1 aliphatic rings. The summed E-state index contributed by atoms with van der Waals surface area (Å²) in [5, 5.41) is 3.60. The number of unbranched alkanes of at least 4 members (excludes halogenated alkanes) is 4. The summed E-state index contributed by atoms with van der Waals surface area (Å²) in [6.07, 6.45) is 12.8. The summed E-state index contributed by atoms with van der Waals surface area (Å²) in [5.41, 5.74) is 0. The number of nitrogens with one attached hydrogen (secondary N) is 1. The van der Waals surface area contributed by atoms with E-state index in [1.54, 1.807) is 0 Å². The first kappa shape index (κ1) is 16.0. The molecule has 0 amide bonds. The number of hydrogen-bond donors (Lipinski definition) is 1. The van der Waals surface area contributed by atoms with Crippen molar-refractivity contribution in [3.63, 3.8) is 0 Å². The molecule has 1 saturated carbocycles. The molecule has 1 aliphatic carbocycles. The molecule has 1 heteroatoms. The molecule has 0 radical (unpaired) electrons. The van der Waals surface area contributed by atoms with Crippen LogP contribution in [0.3, 0.4) is 0 Å². The molecule has 0 heterocycles. The minimum absolute atomic E-state index is 0.775. The first-order valence-corrected chi connectivity index (χ1v) is 8.34. The Hall–Kier alpha value is -0.0400. The average Bonchev–Trinajstić information content (AvgIpc) is 2.32. The molecule has 0 saturated heterocycles. The smallest absolute Gasteiger partial charge is 0.00925 e. The van der Waals surface area contributed by atoms with E-state index in [0.29, 0.717) is 0 Å². The first-order valence-electron chi connectivity index (χ1n) is 8.34. The van der Waals surface area contributed by atoms with Crippen LogP contribution in [0.2, 0.25) is 0 Å². The molecule has 0 aromatic carbocycles. The Balaban J connectivity index is 2.26. The Labute approximate surface area is 115 Å². The van der Waals surface area contributed by atoms with Crippen LogP contribution in [0.5, 0.6) is 0 Å². The van der Waals surface area contributed by atoms with E-state index in [2.05, 4.69) is 33.1 Å². The van der Waals surface area contributed by atoms with Crippen molar-refractivity contribution in [2.24, 2.45) is 17.8 Å². The Morgan fingerprint density at radius 3 is 2.11 bits per heavy atom. The van der Waals surface area contributed by atoms with Gasteiger partial charge in [-0.15, -0.1) is 0 Å². The van der Waals surface area contributed by atoms with Gasteiger partial charge in [0.25, 0.3) is 0 Å². The molecule has 0 spiro atoms. The third-order valence-corrected chi connectivity index (χ3v) is 4.77. The zero-order valence-electron chi connectivity index (χ0n) is 13.2. The molecule has 0 bridgehead atoms. The Morgan fingerprint density at radius 2 is 1.56 bits per heavy atom. The topological polar surface area (TPSA) is 12.0 Å². The maximum atomic E-state index is 3.60. The fourth-order valence-corrected chi connectivity index (χ4v) is 3.92. The fourth-order valence-electron chi connectivity index (χ4n) is 3.92. The van der Waals surface area contributed by atoms with Crippen LogP contribution in [0.25, 0.3) is 0 Å². The minimum Gasteiger partial charge on any atom is -0.317 e. The minimum atomic E-state index is 0.775. The van der Waals surface area contributed by atoms with Crippen molar-refractivity contribution in [1.29, 1.82) is 0 Å². The summed E-state index contributed by atoms with van der Waals surface area (Å²) < 4.78 is 0. The third kappa shape index (κ3) is 5.73. The predicted octanol–water partition coefficient (Wildman–Crippen LogP) is 5.01. The second-order valence-electron chi connectivity index (χ2n) is 6.78. The van der Waals surface area contributed by atoms with Gasteiger partial charge in [0, 0.05) is 6.04 Å². The van der Waals surface area contributed by atoms with Gasteiger partial charge in [0.15, 0.2) is 0 Å². The van der Waals surface area contributed by atoms with Crippen LogP contribution in [0.15, 0.2) is 0 Å². The lowest BCUT2D eigenvalue weighted by molar-refractivity contribution is 0.173. The van der Waals surface area contributed by atoms with Crippen molar-refractivity contribution >= 4 is 0 Å². The fraction of sp³-hybridized carbons (Fsp3) is 1.00. The largest absolute Gasteiger partial charge is 0.317 e. The highest BCUT2D eigenvalue weighted by molar-refractivity contribution is 4.83. The summed E-state index contributed by atoms with van der Waals surface area (Å²) in [6.45, 7) is 7.18. The van der Waals surface area contributed by atoms with Crippen LogP contribution in [-0.4, -0.2) is 13.1 Å². The van der Waals surface area contributed by atoms with Gasteiger partial charge in [-0.25, -0.2) is 0 Å². The van der Waals surface area contributed by atoms with Crippen molar-refractivity contribution in [2.45, 2.75) is 84.6 Å². The second-order valence-corrected chi connectivity index (χ2v) is 6.78. The Bertz CT molecular complexity index is 192. The summed E-state index contributed by atoms with van der Waals surface area (Å²) in [6, 6.07) is 0.775. The van der Waals surface area contributed by atoms with E-state index in [0.717, 1.165) is 23.8 Å². The monoisotopic (exact) mass is 253 g/mol. The van der Waals surface area contributed by atoms with Gasteiger partial charge in [-0.1, -0.05) is 52.9 Å². The summed E-state index contributed by atoms with van der Waals surface area (Å²) in [7, 11) is 2.17. The van der Waals surface area contributed by atoms with Crippen LogP contribution in [0.4, 0.5) is 0 Å². The van der Waals surface area contributed by atoms with E-state index in [4.69, 9.17) is 0 Å². The van der Waals surface area contributed by atoms with Crippen LogP contribution in [0, 0.1) is 17.8 Å². The molecule has 3 atom stereocenters. The molecular weight excluding hydrogens is 218 g/mol. The second kappa shape index (κ2) is 8.96. The summed E-state index contributed by atoms with van der Waals surface area (Å²) in [4.78, 5) is 0. The molecule has 1 nitrogen and oxygen atoms in total. The van der Waals surface area contributed by atoms with Crippen LogP contribution in [-0.2, 0) is 0 Å². The van der Waals surface area contributed by atoms with E-state index in [1.165, 1.54) is 57.8 Å². The Kier molecular flexibility index (Phi) is 7.97. The zero-order chi connectivity index (χ0) is 13.4. The van der Waals surface area contributed by atoms with Crippen LogP contribution >= 0.6 is 0 Å². The van der Waals surface area contributed by atoms with Gasteiger partial charge in [-0.3, -0.25) is 0 Å². The van der Waals surface area contributed by atoms with E-state index in [-0.39, 0.29) is 0 Å². The molecule has 1 N–H and O–H groups in total. The lowest BCUT2D eigenvalue weighted by Gasteiger charge is -2.36. The van der Waals surface area contributed by atoms with Crippen LogP contribution in [0.1, 0.15) is 78.6 Å². The van der Waals surface area contributed by atoms with E-state index >= 15 is 0 Å². The average molecular weight is 253 g/mol.